The van der Waals surface area contributed by atoms with Gasteiger partial charge in [0.15, 0.2) is 0 Å². The summed E-state index contributed by atoms with van der Waals surface area (Å²) < 4.78 is 4.30. The Balaban J connectivity index is 3.81. The van der Waals surface area contributed by atoms with Crippen molar-refractivity contribution in [2.45, 2.75) is 13.0 Å². The topological polar surface area (TPSA) is 75.6 Å². The zero-order chi connectivity index (χ0) is 8.85. The number of amides is 1. The molecule has 62 valence electrons. The second kappa shape index (κ2) is 4.32. The summed E-state index contributed by atoms with van der Waals surface area (Å²) in [6.45, 7) is 4.52. The quantitative estimate of drug-likeness (QED) is 0.459. The number of carbonyl (C=O) groups excluding carboxylic acids is 1. The molecular formula is C6H9NO4. The standard InChI is InChI=1S/C6H9NO4/c1-3-11-5(8)4(2)7-6(9)10/h3-4,7H,1H2,2H3,(H,9,10). The van der Waals surface area contributed by atoms with Gasteiger partial charge in [-0.2, -0.15) is 0 Å². The fourth-order valence-electron chi connectivity index (χ4n) is 0.428. The van der Waals surface area contributed by atoms with Crippen LogP contribution in [0.1, 0.15) is 6.92 Å². The predicted octanol–water partition coefficient (Wildman–Crippen LogP) is 0.329. The zero-order valence-corrected chi connectivity index (χ0v) is 6.03. The van der Waals surface area contributed by atoms with Crippen LogP contribution in [0.25, 0.3) is 0 Å². The molecule has 2 N–H and O–H groups in total. The first-order valence-electron chi connectivity index (χ1n) is 2.88. The number of ether oxygens (including phenoxy) is 1. The van der Waals surface area contributed by atoms with Crippen LogP contribution in [0.15, 0.2) is 12.8 Å². The molecular weight excluding hydrogens is 150 g/mol. The number of hydrogen-bond acceptors (Lipinski definition) is 3. The molecule has 0 saturated heterocycles. The molecule has 0 fully saturated rings. The van der Waals surface area contributed by atoms with E-state index in [1.54, 1.807) is 0 Å². The number of carbonyl (C=O) groups is 2. The highest BCUT2D eigenvalue weighted by atomic mass is 16.5. The third-order valence-corrected chi connectivity index (χ3v) is 0.893. The molecule has 0 spiro atoms. The fraction of sp³-hybridized carbons (Fsp3) is 0.333. The molecule has 5 nitrogen and oxygen atoms in total. The summed E-state index contributed by atoms with van der Waals surface area (Å²) >= 11 is 0. The van der Waals surface area contributed by atoms with E-state index in [1.165, 1.54) is 6.92 Å². The third-order valence-electron chi connectivity index (χ3n) is 0.893. The first-order chi connectivity index (χ1) is 5.07. The van der Waals surface area contributed by atoms with Crippen LogP contribution in [0.5, 0.6) is 0 Å². The normalized spacial score (nSPS) is 11.4. The lowest BCUT2D eigenvalue weighted by atomic mass is 10.3. The minimum Gasteiger partial charge on any atom is -0.465 e. The predicted molar refractivity (Wildman–Crippen MR) is 36.9 cm³/mol. The van der Waals surface area contributed by atoms with Crippen LogP contribution in [0.4, 0.5) is 4.79 Å². The number of hydrogen-bond donors (Lipinski definition) is 2. The van der Waals surface area contributed by atoms with Crippen molar-refractivity contribution in [2.24, 2.45) is 0 Å². The average molecular weight is 159 g/mol. The molecule has 0 heterocycles. The Labute approximate surface area is 63.7 Å². The van der Waals surface area contributed by atoms with Gasteiger partial charge in [0, 0.05) is 0 Å². The van der Waals surface area contributed by atoms with Crippen molar-refractivity contribution in [3.8, 4) is 0 Å². The van der Waals surface area contributed by atoms with E-state index in [4.69, 9.17) is 5.11 Å². The van der Waals surface area contributed by atoms with Crippen LogP contribution in [-0.4, -0.2) is 23.2 Å². The van der Waals surface area contributed by atoms with Crippen molar-refractivity contribution in [2.75, 3.05) is 0 Å². The first-order valence-corrected chi connectivity index (χ1v) is 2.88. The van der Waals surface area contributed by atoms with E-state index in [9.17, 15) is 9.59 Å². The highest BCUT2D eigenvalue weighted by Gasteiger charge is 2.14. The summed E-state index contributed by atoms with van der Waals surface area (Å²) in [6.07, 6.45) is -0.318. The SMILES string of the molecule is C=COC(=O)C(C)NC(=O)O. The van der Waals surface area contributed by atoms with Crippen LogP contribution >= 0.6 is 0 Å². The Morgan fingerprint density at radius 1 is 1.73 bits per heavy atom. The van der Waals surface area contributed by atoms with E-state index in [0.29, 0.717) is 0 Å². The summed E-state index contributed by atoms with van der Waals surface area (Å²) in [4.78, 5) is 20.6. The Hall–Kier alpha value is -1.52. The highest BCUT2D eigenvalue weighted by molar-refractivity contribution is 5.80. The van der Waals surface area contributed by atoms with Gasteiger partial charge in [0.05, 0.1) is 6.26 Å². The molecule has 0 saturated carbocycles. The molecule has 0 aromatic carbocycles. The lowest BCUT2D eigenvalue weighted by Crippen LogP contribution is -2.37. The third kappa shape index (κ3) is 3.96. The molecule has 1 unspecified atom stereocenters. The van der Waals surface area contributed by atoms with Crippen molar-refractivity contribution in [3.63, 3.8) is 0 Å². The zero-order valence-electron chi connectivity index (χ0n) is 6.03. The van der Waals surface area contributed by atoms with Crippen LogP contribution in [0.2, 0.25) is 0 Å². The molecule has 0 rings (SSSR count). The number of carboxylic acid groups (broad SMARTS) is 1. The molecule has 0 aromatic heterocycles. The second-order valence-electron chi connectivity index (χ2n) is 1.77. The van der Waals surface area contributed by atoms with Gasteiger partial charge in [-0.3, -0.25) is 0 Å². The summed E-state index contributed by atoms with van der Waals surface area (Å²) in [5.41, 5.74) is 0. The molecule has 11 heavy (non-hydrogen) atoms. The van der Waals surface area contributed by atoms with Crippen LogP contribution in [0, 0.1) is 0 Å². The van der Waals surface area contributed by atoms with E-state index in [2.05, 4.69) is 11.3 Å². The highest BCUT2D eigenvalue weighted by Crippen LogP contribution is 1.87. The van der Waals surface area contributed by atoms with Crippen LogP contribution in [-0.2, 0) is 9.53 Å². The summed E-state index contributed by atoms with van der Waals surface area (Å²) in [6, 6.07) is -0.870. The summed E-state index contributed by atoms with van der Waals surface area (Å²) in [5, 5.41) is 10.1. The number of nitrogens with one attached hydrogen (secondary N) is 1. The monoisotopic (exact) mass is 159 g/mol. The maximum atomic E-state index is 10.7. The van der Waals surface area contributed by atoms with E-state index < -0.39 is 18.1 Å². The summed E-state index contributed by atoms with van der Waals surface area (Å²) in [7, 11) is 0. The van der Waals surface area contributed by atoms with E-state index in [0.717, 1.165) is 6.26 Å². The van der Waals surface area contributed by atoms with Gasteiger partial charge in [-0.15, -0.1) is 0 Å². The average Bonchev–Trinajstić information content (AvgIpc) is 1.86. The largest absolute Gasteiger partial charge is 0.465 e. The van der Waals surface area contributed by atoms with Gasteiger partial charge in [-0.1, -0.05) is 6.58 Å². The molecule has 0 radical (unpaired) electrons. The van der Waals surface area contributed by atoms with Gasteiger partial charge in [-0.05, 0) is 6.92 Å². The van der Waals surface area contributed by atoms with Crippen molar-refractivity contribution in [1.82, 2.24) is 5.32 Å². The molecule has 1 amide bonds. The van der Waals surface area contributed by atoms with E-state index >= 15 is 0 Å². The molecule has 0 aromatic rings. The summed E-state index contributed by atoms with van der Waals surface area (Å²) in [5.74, 6) is -0.678. The maximum absolute atomic E-state index is 10.7. The Morgan fingerprint density at radius 3 is 2.64 bits per heavy atom. The Morgan fingerprint density at radius 2 is 2.27 bits per heavy atom. The van der Waals surface area contributed by atoms with Crippen LogP contribution in [0.3, 0.4) is 0 Å². The number of rotatable bonds is 3. The van der Waals surface area contributed by atoms with Gasteiger partial charge in [0.25, 0.3) is 0 Å². The minimum absolute atomic E-state index is 0.678. The van der Waals surface area contributed by atoms with Gasteiger partial charge in [0.1, 0.15) is 6.04 Å². The molecule has 0 bridgehead atoms. The first kappa shape index (κ1) is 9.48. The fourth-order valence-corrected chi connectivity index (χ4v) is 0.428. The molecule has 0 aliphatic carbocycles. The van der Waals surface area contributed by atoms with Gasteiger partial charge in [-0.25, -0.2) is 9.59 Å². The van der Waals surface area contributed by atoms with Gasteiger partial charge in [0.2, 0.25) is 0 Å². The second-order valence-corrected chi connectivity index (χ2v) is 1.77. The van der Waals surface area contributed by atoms with Crippen LogP contribution < -0.4 is 5.32 Å². The van der Waals surface area contributed by atoms with Crippen molar-refractivity contribution in [3.05, 3.63) is 12.8 Å². The lowest BCUT2D eigenvalue weighted by Gasteiger charge is -2.07. The van der Waals surface area contributed by atoms with Crippen molar-refractivity contribution in [1.29, 1.82) is 0 Å². The molecule has 0 aliphatic rings. The molecule has 5 heteroatoms. The van der Waals surface area contributed by atoms with E-state index in [1.807, 2.05) is 5.32 Å². The number of esters is 1. The minimum atomic E-state index is -1.27. The smallest absolute Gasteiger partial charge is 0.405 e. The van der Waals surface area contributed by atoms with Crippen molar-refractivity contribution >= 4 is 12.1 Å². The van der Waals surface area contributed by atoms with E-state index in [-0.39, 0.29) is 0 Å². The molecule has 0 aliphatic heterocycles. The Kier molecular flexibility index (Phi) is 3.72. The Bertz CT molecular complexity index is 177. The molecule has 1 atom stereocenters. The van der Waals surface area contributed by atoms with Gasteiger partial charge < -0.3 is 15.2 Å². The van der Waals surface area contributed by atoms with Gasteiger partial charge >= 0.3 is 12.1 Å². The van der Waals surface area contributed by atoms with Crippen molar-refractivity contribution < 1.29 is 19.4 Å². The lowest BCUT2D eigenvalue weighted by molar-refractivity contribution is -0.139. The maximum Gasteiger partial charge on any atom is 0.405 e.